The van der Waals surface area contributed by atoms with Crippen molar-refractivity contribution < 1.29 is 23.4 Å². The molecule has 8 nitrogen and oxygen atoms in total. The summed E-state index contributed by atoms with van der Waals surface area (Å²) in [6.45, 7) is 1.81. The number of aromatic amines is 1. The van der Waals surface area contributed by atoms with Crippen molar-refractivity contribution in [1.82, 2.24) is 20.2 Å². The van der Waals surface area contributed by atoms with Gasteiger partial charge in [-0.1, -0.05) is 0 Å². The van der Waals surface area contributed by atoms with Crippen molar-refractivity contribution in [2.24, 2.45) is 0 Å². The van der Waals surface area contributed by atoms with Crippen LogP contribution in [0, 0.1) is 0 Å². The lowest BCUT2D eigenvalue weighted by molar-refractivity contribution is -0.286. The van der Waals surface area contributed by atoms with Gasteiger partial charge < -0.3 is 30.3 Å². The topological polar surface area (TPSA) is 103 Å². The minimum atomic E-state index is -3.66. The molecule has 1 unspecified atom stereocenters. The Bertz CT molecular complexity index is 779. The number of hydrogen-bond donors (Lipinski definition) is 5. The van der Waals surface area contributed by atoms with E-state index >= 15 is 0 Å². The SMILES string of the molecule is CC1=C(C(O)Nc2nc3cc4c(cc3[nH]2)OC(F)(F)O4)SNN1. The first-order chi connectivity index (χ1) is 10.9. The van der Waals surface area contributed by atoms with Gasteiger partial charge in [0.25, 0.3) is 0 Å². The Morgan fingerprint density at radius 1 is 1.35 bits per heavy atom. The number of alkyl halides is 2. The number of hydrogen-bond acceptors (Lipinski definition) is 8. The fourth-order valence-corrected chi connectivity index (χ4v) is 2.96. The number of ether oxygens (including phenoxy) is 2. The molecule has 0 radical (unpaired) electrons. The summed E-state index contributed by atoms with van der Waals surface area (Å²) in [5.41, 5.74) is 4.52. The van der Waals surface area contributed by atoms with Crippen molar-refractivity contribution in [3.8, 4) is 11.5 Å². The van der Waals surface area contributed by atoms with E-state index in [1.807, 2.05) is 6.92 Å². The molecule has 2 aliphatic rings. The third kappa shape index (κ3) is 2.52. The molecular formula is C12H11F2N5O3S. The van der Waals surface area contributed by atoms with E-state index in [4.69, 9.17) is 0 Å². The molecule has 0 saturated carbocycles. The lowest BCUT2D eigenvalue weighted by Gasteiger charge is -2.11. The van der Waals surface area contributed by atoms with E-state index in [0.717, 1.165) is 5.70 Å². The molecule has 0 spiro atoms. The standard InChI is InChI=1S/C12H11F2N5O3S/c1-4-9(23-19-18-4)10(20)17-11-15-5-2-7-8(3-6(5)16-11)22-12(13,14)21-7/h2-3,10,18-20H,1H3,(H2,15,16,17). The van der Waals surface area contributed by atoms with Crippen LogP contribution in [-0.2, 0) is 0 Å². The van der Waals surface area contributed by atoms with Crippen LogP contribution in [0.25, 0.3) is 11.0 Å². The van der Waals surface area contributed by atoms with Gasteiger partial charge in [0.05, 0.1) is 15.9 Å². The van der Waals surface area contributed by atoms with Gasteiger partial charge in [-0.3, -0.25) is 0 Å². The minimum absolute atomic E-state index is 0.0726. The maximum absolute atomic E-state index is 13.0. The van der Waals surface area contributed by atoms with E-state index in [-0.39, 0.29) is 17.4 Å². The highest BCUT2D eigenvalue weighted by molar-refractivity contribution is 8.01. The Kier molecular flexibility index (Phi) is 3.04. The fourth-order valence-electron chi connectivity index (χ4n) is 2.27. The van der Waals surface area contributed by atoms with Crippen molar-refractivity contribution in [1.29, 1.82) is 0 Å². The number of nitrogens with zero attached hydrogens (tertiary/aromatic N) is 1. The van der Waals surface area contributed by atoms with Crippen molar-refractivity contribution in [2.75, 3.05) is 5.32 Å². The first-order valence-electron chi connectivity index (χ1n) is 6.54. The Balaban J connectivity index is 1.60. The van der Waals surface area contributed by atoms with Gasteiger partial charge in [-0.25, -0.2) is 4.98 Å². The van der Waals surface area contributed by atoms with Gasteiger partial charge in [0.15, 0.2) is 17.7 Å². The average Bonchev–Trinajstić information content (AvgIpc) is 3.10. The molecule has 0 saturated heterocycles. The number of fused-ring (bicyclic) bond motifs is 2. The van der Waals surface area contributed by atoms with Gasteiger partial charge in [0, 0.05) is 17.8 Å². The summed E-state index contributed by atoms with van der Waals surface area (Å²) in [6, 6.07) is 2.71. The van der Waals surface area contributed by atoms with E-state index in [1.54, 1.807) is 0 Å². The molecule has 122 valence electrons. The maximum Gasteiger partial charge on any atom is 0.586 e. The normalized spacial score (nSPS) is 20.0. The molecule has 4 rings (SSSR count). The zero-order valence-corrected chi connectivity index (χ0v) is 12.4. The Morgan fingerprint density at radius 3 is 2.78 bits per heavy atom. The van der Waals surface area contributed by atoms with E-state index in [2.05, 4.69) is 35.0 Å². The summed E-state index contributed by atoms with van der Waals surface area (Å²) in [7, 11) is 0. The Morgan fingerprint density at radius 2 is 2.09 bits per heavy atom. The van der Waals surface area contributed by atoms with Crippen LogP contribution >= 0.6 is 11.9 Å². The zero-order chi connectivity index (χ0) is 16.2. The summed E-state index contributed by atoms with van der Waals surface area (Å²) in [6.07, 6.45) is -4.64. The highest BCUT2D eigenvalue weighted by Gasteiger charge is 2.43. The highest BCUT2D eigenvalue weighted by atomic mass is 32.2. The second-order valence-corrected chi connectivity index (χ2v) is 5.78. The number of rotatable bonds is 3. The lowest BCUT2D eigenvalue weighted by Crippen LogP contribution is -2.25. The van der Waals surface area contributed by atoms with Crippen LogP contribution < -0.4 is 25.0 Å². The number of aliphatic hydroxyl groups is 1. The average molecular weight is 343 g/mol. The van der Waals surface area contributed by atoms with Crippen molar-refractivity contribution in [2.45, 2.75) is 19.4 Å². The molecule has 0 bridgehead atoms. The van der Waals surface area contributed by atoms with Crippen molar-refractivity contribution in [3.63, 3.8) is 0 Å². The van der Waals surface area contributed by atoms with Crippen LogP contribution in [0.1, 0.15) is 6.92 Å². The van der Waals surface area contributed by atoms with Gasteiger partial charge in [-0.2, -0.15) is 4.83 Å². The molecule has 2 aliphatic heterocycles. The number of imidazole rings is 1. The quantitative estimate of drug-likeness (QED) is 0.423. The summed E-state index contributed by atoms with van der Waals surface area (Å²) in [5, 5.41) is 12.9. The van der Waals surface area contributed by atoms with E-state index in [9.17, 15) is 13.9 Å². The molecule has 1 aromatic carbocycles. The number of aliphatic hydroxyl groups excluding tert-OH is 1. The predicted octanol–water partition coefficient (Wildman–Crippen LogP) is 1.60. The van der Waals surface area contributed by atoms with Crippen LogP contribution in [0.15, 0.2) is 22.7 Å². The van der Waals surface area contributed by atoms with E-state index in [1.165, 1.54) is 24.1 Å². The van der Waals surface area contributed by atoms with Gasteiger partial charge >= 0.3 is 6.29 Å². The minimum Gasteiger partial charge on any atom is -0.395 e. The molecular weight excluding hydrogens is 332 g/mol. The third-order valence-electron chi connectivity index (χ3n) is 3.30. The number of benzene rings is 1. The monoisotopic (exact) mass is 343 g/mol. The van der Waals surface area contributed by atoms with Crippen LogP contribution in [0.2, 0.25) is 0 Å². The first kappa shape index (κ1) is 14.4. The lowest BCUT2D eigenvalue weighted by atomic mass is 10.3. The molecule has 23 heavy (non-hydrogen) atoms. The molecule has 2 aromatic rings. The van der Waals surface area contributed by atoms with Gasteiger partial charge in [0.1, 0.15) is 0 Å². The molecule has 0 fully saturated rings. The molecule has 0 aliphatic carbocycles. The number of aromatic nitrogens is 2. The molecule has 0 amide bonds. The number of H-pyrrole nitrogens is 1. The smallest absolute Gasteiger partial charge is 0.395 e. The largest absolute Gasteiger partial charge is 0.586 e. The fraction of sp³-hybridized carbons (Fsp3) is 0.250. The molecule has 11 heteroatoms. The first-order valence-corrected chi connectivity index (χ1v) is 7.36. The van der Waals surface area contributed by atoms with Crippen molar-refractivity contribution >= 4 is 28.9 Å². The molecule has 5 N–H and O–H groups in total. The second kappa shape index (κ2) is 4.88. The van der Waals surface area contributed by atoms with Gasteiger partial charge in [0.2, 0.25) is 5.95 Å². The molecule has 1 aromatic heterocycles. The number of halogens is 2. The molecule has 1 atom stereocenters. The van der Waals surface area contributed by atoms with Crippen LogP contribution in [0.4, 0.5) is 14.7 Å². The summed E-state index contributed by atoms with van der Waals surface area (Å²) >= 11 is 1.24. The van der Waals surface area contributed by atoms with E-state index < -0.39 is 12.5 Å². The number of nitrogens with one attached hydrogen (secondary N) is 4. The third-order valence-corrected chi connectivity index (χ3v) is 4.25. The summed E-state index contributed by atoms with van der Waals surface area (Å²) < 4.78 is 34.8. The molecule has 3 heterocycles. The Hall–Kier alpha value is -2.24. The van der Waals surface area contributed by atoms with Gasteiger partial charge in [-0.05, 0) is 18.9 Å². The predicted molar refractivity (Wildman–Crippen MR) is 78.5 cm³/mol. The van der Waals surface area contributed by atoms with Crippen LogP contribution in [0.3, 0.4) is 0 Å². The van der Waals surface area contributed by atoms with Crippen LogP contribution in [-0.4, -0.2) is 27.6 Å². The second-order valence-electron chi connectivity index (χ2n) is 4.93. The zero-order valence-electron chi connectivity index (χ0n) is 11.6. The van der Waals surface area contributed by atoms with Crippen molar-refractivity contribution in [3.05, 3.63) is 22.7 Å². The van der Waals surface area contributed by atoms with Gasteiger partial charge in [-0.15, -0.1) is 8.78 Å². The number of allylic oxidation sites excluding steroid dienone is 1. The summed E-state index contributed by atoms with van der Waals surface area (Å²) in [4.78, 5) is 10.6. The maximum atomic E-state index is 13.0. The highest BCUT2D eigenvalue weighted by Crippen LogP contribution is 2.43. The Labute approximate surface area is 132 Å². The number of anilines is 1. The number of hydrazine groups is 1. The van der Waals surface area contributed by atoms with E-state index in [0.29, 0.717) is 15.9 Å². The summed E-state index contributed by atoms with van der Waals surface area (Å²) in [5.74, 6) is 0.131. The van der Waals surface area contributed by atoms with Crippen LogP contribution in [0.5, 0.6) is 11.5 Å².